The normalized spacial score (nSPS) is 10.1. The highest BCUT2D eigenvalue weighted by Gasteiger charge is 1.98. The summed E-state index contributed by atoms with van der Waals surface area (Å²) in [5.74, 6) is 0.196. The van der Waals surface area contributed by atoms with Crippen LogP contribution in [0.4, 0.5) is 0 Å². The Morgan fingerprint density at radius 1 is 1.14 bits per heavy atom. The standard InChI is InChI=1S/C12H11NO/c1-9-3-2-4-10(7-9)12-6-5-11(14)8-13-12/h2-8,14H,1H3. The first-order valence-electron chi connectivity index (χ1n) is 4.48. The van der Waals surface area contributed by atoms with Crippen molar-refractivity contribution in [3.05, 3.63) is 48.2 Å². The van der Waals surface area contributed by atoms with Gasteiger partial charge in [-0.2, -0.15) is 0 Å². The molecule has 0 unspecified atom stereocenters. The Balaban J connectivity index is 2.44. The summed E-state index contributed by atoms with van der Waals surface area (Å²) in [5.41, 5.74) is 3.16. The molecule has 14 heavy (non-hydrogen) atoms. The largest absolute Gasteiger partial charge is 0.506 e. The summed E-state index contributed by atoms with van der Waals surface area (Å²) in [6.45, 7) is 2.05. The molecular formula is C12H11NO. The summed E-state index contributed by atoms with van der Waals surface area (Å²) in [4.78, 5) is 4.14. The molecule has 2 rings (SSSR count). The Morgan fingerprint density at radius 3 is 2.64 bits per heavy atom. The summed E-state index contributed by atoms with van der Waals surface area (Å²) in [6.07, 6.45) is 1.46. The van der Waals surface area contributed by atoms with Crippen LogP contribution >= 0.6 is 0 Å². The van der Waals surface area contributed by atoms with Crippen LogP contribution in [0.25, 0.3) is 11.3 Å². The number of benzene rings is 1. The van der Waals surface area contributed by atoms with Gasteiger partial charge in [-0.15, -0.1) is 0 Å². The molecule has 0 aliphatic carbocycles. The summed E-state index contributed by atoms with van der Waals surface area (Å²) >= 11 is 0. The summed E-state index contributed by atoms with van der Waals surface area (Å²) in [6, 6.07) is 11.6. The van der Waals surface area contributed by atoms with Crippen molar-refractivity contribution in [2.75, 3.05) is 0 Å². The van der Waals surface area contributed by atoms with Gasteiger partial charge in [0.1, 0.15) is 5.75 Å². The van der Waals surface area contributed by atoms with Gasteiger partial charge in [0, 0.05) is 5.56 Å². The van der Waals surface area contributed by atoms with E-state index >= 15 is 0 Å². The van der Waals surface area contributed by atoms with E-state index in [9.17, 15) is 0 Å². The zero-order valence-electron chi connectivity index (χ0n) is 7.94. The third-order valence-electron chi connectivity index (χ3n) is 2.06. The fourth-order valence-electron chi connectivity index (χ4n) is 1.36. The molecule has 70 valence electrons. The van der Waals surface area contributed by atoms with Gasteiger partial charge >= 0.3 is 0 Å². The monoisotopic (exact) mass is 185 g/mol. The van der Waals surface area contributed by atoms with Gasteiger partial charge in [0.25, 0.3) is 0 Å². The topological polar surface area (TPSA) is 33.1 Å². The molecule has 0 amide bonds. The number of aromatic hydroxyl groups is 1. The molecule has 0 aliphatic rings. The minimum atomic E-state index is 0.196. The smallest absolute Gasteiger partial charge is 0.133 e. The number of nitrogens with zero attached hydrogens (tertiary/aromatic N) is 1. The molecule has 0 bridgehead atoms. The second-order valence-corrected chi connectivity index (χ2v) is 3.27. The predicted molar refractivity (Wildman–Crippen MR) is 56.1 cm³/mol. The molecule has 1 aromatic heterocycles. The van der Waals surface area contributed by atoms with E-state index in [1.807, 2.05) is 31.2 Å². The third-order valence-corrected chi connectivity index (χ3v) is 2.06. The number of pyridine rings is 1. The second kappa shape index (κ2) is 3.50. The number of rotatable bonds is 1. The van der Waals surface area contributed by atoms with Crippen molar-refractivity contribution in [1.82, 2.24) is 4.98 Å². The number of aromatic nitrogens is 1. The molecule has 0 atom stereocenters. The van der Waals surface area contributed by atoms with Crippen LogP contribution in [0.15, 0.2) is 42.6 Å². The molecule has 1 N–H and O–H groups in total. The SMILES string of the molecule is Cc1cccc(-c2ccc(O)cn2)c1. The van der Waals surface area contributed by atoms with Crippen molar-refractivity contribution in [1.29, 1.82) is 0 Å². The van der Waals surface area contributed by atoms with E-state index in [-0.39, 0.29) is 5.75 Å². The van der Waals surface area contributed by atoms with E-state index < -0.39 is 0 Å². The van der Waals surface area contributed by atoms with Crippen LogP contribution < -0.4 is 0 Å². The molecule has 0 spiro atoms. The molecule has 1 heterocycles. The van der Waals surface area contributed by atoms with Gasteiger partial charge in [-0.25, -0.2) is 0 Å². The van der Waals surface area contributed by atoms with Crippen molar-refractivity contribution in [3.8, 4) is 17.0 Å². The van der Waals surface area contributed by atoms with E-state index in [4.69, 9.17) is 5.11 Å². The van der Waals surface area contributed by atoms with Crippen molar-refractivity contribution >= 4 is 0 Å². The maximum absolute atomic E-state index is 9.10. The van der Waals surface area contributed by atoms with E-state index in [2.05, 4.69) is 11.1 Å². The zero-order valence-corrected chi connectivity index (χ0v) is 7.94. The van der Waals surface area contributed by atoms with E-state index in [0.29, 0.717) is 0 Å². The van der Waals surface area contributed by atoms with Crippen molar-refractivity contribution < 1.29 is 5.11 Å². The second-order valence-electron chi connectivity index (χ2n) is 3.27. The van der Waals surface area contributed by atoms with Gasteiger partial charge in [-0.3, -0.25) is 4.98 Å². The first-order chi connectivity index (χ1) is 6.75. The van der Waals surface area contributed by atoms with Crippen molar-refractivity contribution in [2.45, 2.75) is 6.92 Å². The minimum absolute atomic E-state index is 0.196. The maximum atomic E-state index is 9.10. The van der Waals surface area contributed by atoms with Gasteiger partial charge in [0.2, 0.25) is 0 Å². The molecule has 2 heteroatoms. The molecule has 0 fully saturated rings. The molecule has 0 radical (unpaired) electrons. The van der Waals surface area contributed by atoms with Gasteiger partial charge in [-0.05, 0) is 25.1 Å². The molecule has 0 aliphatic heterocycles. The van der Waals surface area contributed by atoms with E-state index in [0.717, 1.165) is 11.3 Å². The Labute approximate surface area is 82.9 Å². The Kier molecular flexibility index (Phi) is 2.19. The van der Waals surface area contributed by atoms with Crippen molar-refractivity contribution in [3.63, 3.8) is 0 Å². The van der Waals surface area contributed by atoms with Crippen LogP contribution in [0.1, 0.15) is 5.56 Å². The van der Waals surface area contributed by atoms with Crippen LogP contribution in [0.3, 0.4) is 0 Å². The Hall–Kier alpha value is -1.83. The summed E-state index contributed by atoms with van der Waals surface area (Å²) in [7, 11) is 0. The number of hydrogen-bond donors (Lipinski definition) is 1. The van der Waals surface area contributed by atoms with Crippen LogP contribution in [0.2, 0.25) is 0 Å². The van der Waals surface area contributed by atoms with Gasteiger partial charge < -0.3 is 5.11 Å². The van der Waals surface area contributed by atoms with E-state index in [1.165, 1.54) is 11.8 Å². The quantitative estimate of drug-likeness (QED) is 0.741. The lowest BCUT2D eigenvalue weighted by atomic mass is 10.1. The highest BCUT2D eigenvalue weighted by molar-refractivity contribution is 5.60. The summed E-state index contributed by atoms with van der Waals surface area (Å²) < 4.78 is 0. The molecule has 1 aromatic carbocycles. The molecule has 2 nitrogen and oxygen atoms in total. The Morgan fingerprint density at radius 2 is 2.00 bits per heavy atom. The lowest BCUT2D eigenvalue weighted by molar-refractivity contribution is 0.473. The van der Waals surface area contributed by atoms with E-state index in [1.54, 1.807) is 6.07 Å². The van der Waals surface area contributed by atoms with Gasteiger partial charge in [0.15, 0.2) is 0 Å². The van der Waals surface area contributed by atoms with Crippen LogP contribution in [-0.2, 0) is 0 Å². The van der Waals surface area contributed by atoms with Crippen LogP contribution in [0.5, 0.6) is 5.75 Å². The highest BCUT2D eigenvalue weighted by Crippen LogP contribution is 2.19. The average molecular weight is 185 g/mol. The first-order valence-corrected chi connectivity index (χ1v) is 4.48. The molecule has 2 aromatic rings. The van der Waals surface area contributed by atoms with Gasteiger partial charge in [-0.1, -0.05) is 23.8 Å². The number of hydrogen-bond acceptors (Lipinski definition) is 2. The van der Waals surface area contributed by atoms with Crippen LogP contribution in [-0.4, -0.2) is 10.1 Å². The third kappa shape index (κ3) is 1.74. The lowest BCUT2D eigenvalue weighted by Crippen LogP contribution is -1.82. The Bertz CT molecular complexity index is 434. The average Bonchev–Trinajstić information content (AvgIpc) is 2.19. The fourth-order valence-corrected chi connectivity index (χ4v) is 1.36. The highest BCUT2D eigenvalue weighted by atomic mass is 16.3. The fraction of sp³-hybridized carbons (Fsp3) is 0.0833. The molecule has 0 saturated carbocycles. The first kappa shape index (κ1) is 8.75. The number of aryl methyl sites for hydroxylation is 1. The lowest BCUT2D eigenvalue weighted by Gasteiger charge is -2.01. The summed E-state index contributed by atoms with van der Waals surface area (Å²) in [5, 5.41) is 9.10. The predicted octanol–water partition coefficient (Wildman–Crippen LogP) is 2.76. The molecule has 0 saturated heterocycles. The van der Waals surface area contributed by atoms with Crippen molar-refractivity contribution in [2.24, 2.45) is 0 Å². The molecular weight excluding hydrogens is 174 g/mol. The van der Waals surface area contributed by atoms with Crippen LogP contribution in [0, 0.1) is 6.92 Å². The minimum Gasteiger partial charge on any atom is -0.506 e. The van der Waals surface area contributed by atoms with Gasteiger partial charge in [0.05, 0.1) is 11.9 Å². The maximum Gasteiger partial charge on any atom is 0.133 e. The zero-order chi connectivity index (χ0) is 9.97.